The number of halogens is 1. The van der Waals surface area contributed by atoms with Gasteiger partial charge in [0.1, 0.15) is 0 Å². The number of ether oxygens (including phenoxy) is 2. The fourth-order valence-corrected chi connectivity index (χ4v) is 2.69. The summed E-state index contributed by atoms with van der Waals surface area (Å²) in [4.78, 5) is 4.24. The van der Waals surface area contributed by atoms with E-state index in [4.69, 9.17) is 21.1 Å². The highest BCUT2D eigenvalue weighted by Crippen LogP contribution is 2.10. The van der Waals surface area contributed by atoms with E-state index in [1.807, 2.05) is 24.3 Å². The molecule has 1 aromatic rings. The lowest BCUT2D eigenvalue weighted by molar-refractivity contribution is -0.0320. The molecule has 1 aliphatic rings. The van der Waals surface area contributed by atoms with Gasteiger partial charge in [-0.3, -0.25) is 4.99 Å². The third-order valence-corrected chi connectivity index (χ3v) is 4.23. The van der Waals surface area contributed by atoms with Gasteiger partial charge in [0, 0.05) is 45.0 Å². The molecule has 0 unspecified atom stereocenters. The highest BCUT2D eigenvalue weighted by molar-refractivity contribution is 6.30. The molecule has 1 heterocycles. The van der Waals surface area contributed by atoms with Crippen LogP contribution in [0.2, 0.25) is 5.02 Å². The van der Waals surface area contributed by atoms with Gasteiger partial charge < -0.3 is 20.1 Å². The summed E-state index contributed by atoms with van der Waals surface area (Å²) in [6.45, 7) is 4.11. The fraction of sp³-hybridized carbons (Fsp3) is 0.611. The van der Waals surface area contributed by atoms with Crippen LogP contribution in [0.4, 0.5) is 0 Å². The minimum absolute atomic E-state index is 0.371. The Morgan fingerprint density at radius 1 is 1.21 bits per heavy atom. The number of nitrogens with zero attached hydrogens (tertiary/aromatic N) is 1. The lowest BCUT2D eigenvalue weighted by Gasteiger charge is -2.22. The minimum atomic E-state index is 0.371. The normalized spacial score (nSPS) is 16.2. The second kappa shape index (κ2) is 11.3. The van der Waals surface area contributed by atoms with E-state index >= 15 is 0 Å². The van der Waals surface area contributed by atoms with E-state index in [2.05, 4.69) is 15.6 Å². The van der Waals surface area contributed by atoms with Gasteiger partial charge in [-0.1, -0.05) is 23.7 Å². The molecule has 0 amide bonds. The second-order valence-electron chi connectivity index (χ2n) is 5.84. The van der Waals surface area contributed by atoms with Gasteiger partial charge >= 0.3 is 0 Å². The van der Waals surface area contributed by atoms with Crippen molar-refractivity contribution < 1.29 is 9.47 Å². The maximum Gasteiger partial charge on any atom is 0.190 e. The lowest BCUT2D eigenvalue weighted by atomic mass is 10.1. The zero-order valence-electron chi connectivity index (χ0n) is 14.4. The molecular weight excluding hydrogens is 326 g/mol. The maximum absolute atomic E-state index is 5.89. The van der Waals surface area contributed by atoms with Crippen LogP contribution in [-0.4, -0.2) is 52.0 Å². The van der Waals surface area contributed by atoms with Gasteiger partial charge in [-0.15, -0.1) is 0 Å². The molecule has 1 aliphatic heterocycles. The molecule has 0 spiro atoms. The first-order chi connectivity index (χ1) is 11.8. The van der Waals surface area contributed by atoms with Crippen LogP contribution in [0.3, 0.4) is 0 Å². The summed E-state index contributed by atoms with van der Waals surface area (Å²) in [5, 5.41) is 7.41. The topological polar surface area (TPSA) is 54.9 Å². The molecule has 1 fully saturated rings. The highest BCUT2D eigenvalue weighted by atomic mass is 35.5. The van der Waals surface area contributed by atoms with E-state index < -0.39 is 0 Å². The van der Waals surface area contributed by atoms with Crippen LogP contribution in [0.25, 0.3) is 0 Å². The summed E-state index contributed by atoms with van der Waals surface area (Å²) in [5.74, 6) is 0.829. The Hall–Kier alpha value is -1.30. The van der Waals surface area contributed by atoms with Crippen LogP contribution >= 0.6 is 11.6 Å². The maximum atomic E-state index is 5.89. The molecular formula is C18H28ClN3O2. The van der Waals surface area contributed by atoms with Crippen LogP contribution in [0, 0.1) is 0 Å². The molecule has 2 rings (SSSR count). The largest absolute Gasteiger partial charge is 0.381 e. The average molecular weight is 354 g/mol. The smallest absolute Gasteiger partial charge is 0.190 e. The van der Waals surface area contributed by atoms with Crippen molar-refractivity contribution in [1.29, 1.82) is 0 Å². The average Bonchev–Trinajstić information content (AvgIpc) is 2.62. The predicted molar refractivity (Wildman–Crippen MR) is 98.9 cm³/mol. The number of guanidine groups is 1. The zero-order chi connectivity index (χ0) is 17.0. The molecule has 0 saturated carbocycles. The Labute approximate surface area is 149 Å². The summed E-state index contributed by atoms with van der Waals surface area (Å²) in [7, 11) is 1.79. The molecule has 0 aromatic heterocycles. The Bertz CT molecular complexity index is 488. The Morgan fingerprint density at radius 3 is 2.62 bits per heavy atom. The molecule has 0 atom stereocenters. The number of hydrogen-bond donors (Lipinski definition) is 2. The first-order valence-corrected chi connectivity index (χ1v) is 9.04. The summed E-state index contributed by atoms with van der Waals surface area (Å²) < 4.78 is 11.2. The van der Waals surface area contributed by atoms with E-state index in [0.29, 0.717) is 6.10 Å². The van der Waals surface area contributed by atoms with Crippen molar-refractivity contribution in [1.82, 2.24) is 10.6 Å². The molecule has 0 aliphatic carbocycles. The number of hydrogen-bond acceptors (Lipinski definition) is 3. The van der Waals surface area contributed by atoms with E-state index in [9.17, 15) is 0 Å². The van der Waals surface area contributed by atoms with E-state index in [1.165, 1.54) is 5.56 Å². The molecule has 1 aromatic carbocycles. The molecule has 0 radical (unpaired) electrons. The Balaban J connectivity index is 1.52. The summed E-state index contributed by atoms with van der Waals surface area (Å²) >= 11 is 5.89. The fourth-order valence-electron chi connectivity index (χ4n) is 2.57. The van der Waals surface area contributed by atoms with Gasteiger partial charge in [0.15, 0.2) is 5.96 Å². The Morgan fingerprint density at radius 2 is 1.92 bits per heavy atom. The van der Waals surface area contributed by atoms with Crippen LogP contribution in [-0.2, 0) is 15.9 Å². The monoisotopic (exact) mass is 353 g/mol. The third-order valence-electron chi connectivity index (χ3n) is 3.98. The first kappa shape index (κ1) is 19.0. The van der Waals surface area contributed by atoms with Gasteiger partial charge in [-0.05, 0) is 43.4 Å². The zero-order valence-corrected chi connectivity index (χ0v) is 15.1. The standard InChI is InChI=1S/C18H28ClN3O2/c1-20-18(22-11-7-15-3-5-16(19)6-4-15)21-10-2-12-24-17-8-13-23-14-9-17/h3-6,17H,2,7-14H2,1H3,(H2,20,21,22). The summed E-state index contributed by atoms with van der Waals surface area (Å²) in [6.07, 6.45) is 4.30. The predicted octanol–water partition coefficient (Wildman–Crippen LogP) is 2.63. The van der Waals surface area contributed by atoms with E-state index in [0.717, 1.165) is 69.6 Å². The van der Waals surface area contributed by atoms with Crippen molar-refractivity contribution >= 4 is 17.6 Å². The second-order valence-corrected chi connectivity index (χ2v) is 6.27. The molecule has 2 N–H and O–H groups in total. The number of nitrogens with one attached hydrogen (secondary N) is 2. The van der Waals surface area contributed by atoms with Gasteiger partial charge in [0.25, 0.3) is 0 Å². The van der Waals surface area contributed by atoms with Gasteiger partial charge in [0.2, 0.25) is 0 Å². The number of benzene rings is 1. The van der Waals surface area contributed by atoms with Crippen molar-refractivity contribution in [2.24, 2.45) is 4.99 Å². The number of aliphatic imine (C=N–C) groups is 1. The SMILES string of the molecule is CN=C(NCCCOC1CCOCC1)NCCc1ccc(Cl)cc1. The van der Waals surface area contributed by atoms with Crippen molar-refractivity contribution in [3.05, 3.63) is 34.9 Å². The van der Waals surface area contributed by atoms with Crippen molar-refractivity contribution in [3.63, 3.8) is 0 Å². The molecule has 134 valence electrons. The van der Waals surface area contributed by atoms with Crippen LogP contribution in [0.5, 0.6) is 0 Å². The number of rotatable bonds is 8. The molecule has 5 nitrogen and oxygen atoms in total. The van der Waals surface area contributed by atoms with Gasteiger partial charge in [0.05, 0.1) is 6.10 Å². The van der Waals surface area contributed by atoms with Gasteiger partial charge in [-0.25, -0.2) is 0 Å². The van der Waals surface area contributed by atoms with Crippen molar-refractivity contribution in [3.8, 4) is 0 Å². The quantitative estimate of drug-likeness (QED) is 0.428. The van der Waals surface area contributed by atoms with Crippen LogP contribution in [0.1, 0.15) is 24.8 Å². The third kappa shape index (κ3) is 7.51. The van der Waals surface area contributed by atoms with Crippen molar-refractivity contribution in [2.45, 2.75) is 31.8 Å². The highest BCUT2D eigenvalue weighted by Gasteiger charge is 2.13. The van der Waals surface area contributed by atoms with Crippen molar-refractivity contribution in [2.75, 3.05) is 40.0 Å². The first-order valence-electron chi connectivity index (χ1n) is 8.66. The van der Waals surface area contributed by atoms with Crippen LogP contribution < -0.4 is 10.6 Å². The van der Waals surface area contributed by atoms with Crippen LogP contribution in [0.15, 0.2) is 29.3 Å². The molecule has 6 heteroatoms. The lowest BCUT2D eigenvalue weighted by Crippen LogP contribution is -2.39. The molecule has 0 bridgehead atoms. The molecule has 1 saturated heterocycles. The minimum Gasteiger partial charge on any atom is -0.381 e. The van der Waals surface area contributed by atoms with Gasteiger partial charge in [-0.2, -0.15) is 0 Å². The molecule has 24 heavy (non-hydrogen) atoms. The van der Waals surface area contributed by atoms with E-state index in [-0.39, 0.29) is 0 Å². The summed E-state index contributed by atoms with van der Waals surface area (Å²) in [5.41, 5.74) is 1.26. The Kier molecular flexibility index (Phi) is 8.95. The van der Waals surface area contributed by atoms with E-state index in [1.54, 1.807) is 7.05 Å². The summed E-state index contributed by atoms with van der Waals surface area (Å²) in [6, 6.07) is 7.94.